The number of amides is 1. The molecule has 2 aliphatic rings. The first-order valence-electron chi connectivity index (χ1n) is 6.20. The summed E-state index contributed by atoms with van der Waals surface area (Å²) in [6.07, 6.45) is 5.69. The van der Waals surface area contributed by atoms with E-state index in [0.29, 0.717) is 6.54 Å². The van der Waals surface area contributed by atoms with Gasteiger partial charge in [0.05, 0.1) is 5.41 Å². The maximum absolute atomic E-state index is 12.2. The predicted octanol–water partition coefficient (Wildman–Crippen LogP) is 2.52. The third-order valence-electron chi connectivity index (χ3n) is 4.11. The van der Waals surface area contributed by atoms with E-state index in [1.807, 2.05) is 0 Å². The van der Waals surface area contributed by atoms with Crippen molar-refractivity contribution in [3.05, 3.63) is 35.4 Å². The van der Waals surface area contributed by atoms with Crippen molar-refractivity contribution in [3.8, 4) is 0 Å². The normalized spacial score (nSPS) is 22.6. The van der Waals surface area contributed by atoms with Crippen molar-refractivity contribution in [1.82, 2.24) is 5.32 Å². The number of benzene rings is 1. The van der Waals surface area contributed by atoms with Gasteiger partial charge in [0.2, 0.25) is 5.91 Å². The lowest BCUT2D eigenvalue weighted by Crippen LogP contribution is -2.49. The number of carbonyl (C=O) groups excluding carboxylic acids is 1. The van der Waals surface area contributed by atoms with E-state index in [1.165, 1.54) is 30.4 Å². The molecule has 3 rings (SSSR count). The van der Waals surface area contributed by atoms with Crippen LogP contribution in [0.15, 0.2) is 24.3 Å². The number of carbonyl (C=O) groups is 1. The Bertz CT molecular complexity index is 418. The maximum atomic E-state index is 12.2. The first kappa shape index (κ1) is 9.88. The molecule has 1 spiro atoms. The molecule has 2 heteroatoms. The highest BCUT2D eigenvalue weighted by atomic mass is 16.2. The summed E-state index contributed by atoms with van der Waals surface area (Å²) >= 11 is 0. The molecule has 1 saturated carbocycles. The van der Waals surface area contributed by atoms with Gasteiger partial charge < -0.3 is 5.32 Å². The van der Waals surface area contributed by atoms with Gasteiger partial charge in [-0.1, -0.05) is 43.5 Å². The van der Waals surface area contributed by atoms with E-state index in [-0.39, 0.29) is 11.3 Å². The molecule has 0 unspecified atom stereocenters. The molecule has 1 heterocycles. The average Bonchev–Trinajstić information content (AvgIpc) is 2.36. The molecule has 1 aliphatic heterocycles. The van der Waals surface area contributed by atoms with E-state index in [0.717, 1.165) is 12.8 Å². The van der Waals surface area contributed by atoms with Gasteiger partial charge in [-0.25, -0.2) is 0 Å². The Hall–Kier alpha value is -1.31. The molecule has 0 aromatic heterocycles. The predicted molar refractivity (Wildman–Crippen MR) is 63.1 cm³/mol. The van der Waals surface area contributed by atoms with Crippen LogP contribution in [0.5, 0.6) is 0 Å². The minimum atomic E-state index is -0.201. The maximum Gasteiger partial charge on any atom is 0.230 e. The van der Waals surface area contributed by atoms with Crippen molar-refractivity contribution >= 4 is 5.91 Å². The largest absolute Gasteiger partial charge is 0.351 e. The highest BCUT2D eigenvalue weighted by Gasteiger charge is 2.44. The molecule has 0 radical (unpaired) electrons. The molecule has 1 N–H and O–H groups in total. The van der Waals surface area contributed by atoms with Crippen LogP contribution in [-0.2, 0) is 16.8 Å². The third-order valence-corrected chi connectivity index (χ3v) is 4.11. The summed E-state index contributed by atoms with van der Waals surface area (Å²) in [5.41, 5.74) is 2.40. The Kier molecular flexibility index (Phi) is 2.23. The Balaban J connectivity index is 2.12. The van der Waals surface area contributed by atoms with Crippen molar-refractivity contribution in [2.24, 2.45) is 0 Å². The summed E-state index contributed by atoms with van der Waals surface area (Å²) in [6, 6.07) is 8.42. The lowest BCUT2D eigenvalue weighted by molar-refractivity contribution is -0.129. The van der Waals surface area contributed by atoms with Gasteiger partial charge in [-0.3, -0.25) is 4.79 Å². The Morgan fingerprint density at radius 3 is 2.62 bits per heavy atom. The van der Waals surface area contributed by atoms with Crippen LogP contribution in [0.4, 0.5) is 0 Å². The summed E-state index contributed by atoms with van der Waals surface area (Å²) < 4.78 is 0. The van der Waals surface area contributed by atoms with Crippen molar-refractivity contribution < 1.29 is 4.79 Å². The molecule has 0 saturated heterocycles. The molecule has 1 aromatic rings. The van der Waals surface area contributed by atoms with E-state index >= 15 is 0 Å². The minimum Gasteiger partial charge on any atom is -0.351 e. The molecule has 1 fully saturated rings. The van der Waals surface area contributed by atoms with Gasteiger partial charge in [0.25, 0.3) is 0 Å². The summed E-state index contributed by atoms with van der Waals surface area (Å²) in [5.74, 6) is 0.255. The zero-order valence-electron chi connectivity index (χ0n) is 9.46. The molecule has 1 aromatic carbocycles. The minimum absolute atomic E-state index is 0.201. The number of hydrogen-bond donors (Lipinski definition) is 1. The molecule has 2 nitrogen and oxygen atoms in total. The lowest BCUT2D eigenvalue weighted by atomic mass is 9.66. The summed E-state index contributed by atoms with van der Waals surface area (Å²) in [4.78, 5) is 12.2. The first-order valence-corrected chi connectivity index (χ1v) is 6.20. The molecular formula is C14H17NO. The lowest BCUT2D eigenvalue weighted by Gasteiger charge is -2.40. The third kappa shape index (κ3) is 1.29. The van der Waals surface area contributed by atoms with E-state index in [9.17, 15) is 4.79 Å². The smallest absolute Gasteiger partial charge is 0.230 e. The molecular weight excluding hydrogens is 198 g/mol. The van der Waals surface area contributed by atoms with Gasteiger partial charge in [0, 0.05) is 6.54 Å². The van der Waals surface area contributed by atoms with Crippen LogP contribution in [0, 0.1) is 0 Å². The van der Waals surface area contributed by atoms with Gasteiger partial charge in [-0.15, -0.1) is 0 Å². The van der Waals surface area contributed by atoms with Gasteiger partial charge in [0.1, 0.15) is 0 Å². The number of nitrogens with one attached hydrogen (secondary N) is 1. The quantitative estimate of drug-likeness (QED) is 0.708. The number of rotatable bonds is 0. The monoisotopic (exact) mass is 215 g/mol. The second-order valence-corrected chi connectivity index (χ2v) is 4.98. The van der Waals surface area contributed by atoms with Crippen molar-refractivity contribution in [3.63, 3.8) is 0 Å². The Morgan fingerprint density at radius 2 is 1.81 bits per heavy atom. The van der Waals surface area contributed by atoms with Crippen molar-refractivity contribution in [2.75, 3.05) is 0 Å². The van der Waals surface area contributed by atoms with E-state index in [4.69, 9.17) is 0 Å². The van der Waals surface area contributed by atoms with Gasteiger partial charge >= 0.3 is 0 Å². The molecule has 1 amide bonds. The fourth-order valence-electron chi connectivity index (χ4n) is 3.26. The Morgan fingerprint density at radius 1 is 1.06 bits per heavy atom. The Labute approximate surface area is 96.1 Å². The number of fused-ring (bicyclic) bond motifs is 2. The van der Waals surface area contributed by atoms with E-state index in [1.54, 1.807) is 0 Å². The fraction of sp³-hybridized carbons (Fsp3) is 0.500. The molecule has 1 aliphatic carbocycles. The SMILES string of the molecule is O=C1NCc2ccccc2C12CCCCC2. The van der Waals surface area contributed by atoms with E-state index < -0.39 is 0 Å². The van der Waals surface area contributed by atoms with Gasteiger partial charge in [-0.05, 0) is 24.0 Å². The average molecular weight is 215 g/mol. The van der Waals surface area contributed by atoms with Crippen LogP contribution in [0.25, 0.3) is 0 Å². The topological polar surface area (TPSA) is 29.1 Å². The summed E-state index contributed by atoms with van der Waals surface area (Å²) in [7, 11) is 0. The standard InChI is InChI=1S/C14H17NO/c16-13-14(8-4-1-5-9-14)12-7-3-2-6-11(12)10-15-13/h2-3,6-7H,1,4-5,8-10H2,(H,15,16). The second kappa shape index (κ2) is 3.62. The second-order valence-electron chi connectivity index (χ2n) is 4.98. The molecule has 16 heavy (non-hydrogen) atoms. The van der Waals surface area contributed by atoms with Crippen molar-refractivity contribution in [1.29, 1.82) is 0 Å². The molecule has 0 bridgehead atoms. The number of hydrogen-bond acceptors (Lipinski definition) is 1. The van der Waals surface area contributed by atoms with Crippen LogP contribution in [0.1, 0.15) is 43.2 Å². The molecule has 0 atom stereocenters. The van der Waals surface area contributed by atoms with Crippen LogP contribution in [-0.4, -0.2) is 5.91 Å². The summed E-state index contributed by atoms with van der Waals surface area (Å²) in [5, 5.41) is 3.06. The zero-order chi connectivity index (χ0) is 11.0. The van der Waals surface area contributed by atoms with Crippen LogP contribution >= 0.6 is 0 Å². The van der Waals surface area contributed by atoms with E-state index in [2.05, 4.69) is 29.6 Å². The van der Waals surface area contributed by atoms with Crippen LogP contribution in [0.3, 0.4) is 0 Å². The van der Waals surface area contributed by atoms with Gasteiger partial charge in [0.15, 0.2) is 0 Å². The van der Waals surface area contributed by atoms with Gasteiger partial charge in [-0.2, -0.15) is 0 Å². The first-order chi connectivity index (χ1) is 7.83. The highest BCUT2D eigenvalue weighted by Crippen LogP contribution is 2.42. The zero-order valence-corrected chi connectivity index (χ0v) is 9.46. The molecule has 84 valence electrons. The summed E-state index contributed by atoms with van der Waals surface area (Å²) in [6.45, 7) is 0.705. The van der Waals surface area contributed by atoms with Crippen LogP contribution in [0.2, 0.25) is 0 Å². The van der Waals surface area contributed by atoms with Crippen LogP contribution < -0.4 is 5.32 Å². The fourth-order valence-corrected chi connectivity index (χ4v) is 3.26. The van der Waals surface area contributed by atoms with Crippen molar-refractivity contribution in [2.45, 2.75) is 44.1 Å². The highest BCUT2D eigenvalue weighted by molar-refractivity contribution is 5.90.